The molecule has 0 aliphatic carbocycles. The van der Waals surface area contributed by atoms with Gasteiger partial charge in [-0.05, 0) is 39.5 Å². The molecule has 0 aromatic rings. The first-order valence-corrected chi connectivity index (χ1v) is 5.95. The minimum Gasteiger partial charge on any atom is -0.444 e. The number of aldehydes is 1. The maximum absolute atomic E-state index is 11.7. The van der Waals surface area contributed by atoms with Crippen molar-refractivity contribution in [2.75, 3.05) is 0 Å². The van der Waals surface area contributed by atoms with Crippen molar-refractivity contribution in [2.45, 2.75) is 66.0 Å². The van der Waals surface area contributed by atoms with E-state index in [1.807, 2.05) is 20.8 Å². The fourth-order valence-electron chi connectivity index (χ4n) is 1.24. The van der Waals surface area contributed by atoms with Gasteiger partial charge < -0.3 is 14.8 Å². The van der Waals surface area contributed by atoms with Crippen LogP contribution in [0.15, 0.2) is 0 Å². The van der Waals surface area contributed by atoms with Gasteiger partial charge in [-0.25, -0.2) is 4.79 Å². The van der Waals surface area contributed by atoms with Gasteiger partial charge in [-0.3, -0.25) is 0 Å². The Bertz CT molecular complexity index is 292. The van der Waals surface area contributed by atoms with Crippen molar-refractivity contribution >= 4 is 12.4 Å². The van der Waals surface area contributed by atoms with Crippen LogP contribution in [-0.4, -0.2) is 23.5 Å². The Morgan fingerprint density at radius 1 is 1.18 bits per heavy atom. The number of hydrogen-bond acceptors (Lipinski definition) is 3. The number of carbonyl (C=O) groups excluding carboxylic acids is 2. The van der Waals surface area contributed by atoms with Crippen molar-refractivity contribution in [3.05, 3.63) is 0 Å². The zero-order valence-electron chi connectivity index (χ0n) is 12.0. The molecule has 100 valence electrons. The number of carbonyl (C=O) groups is 2. The van der Waals surface area contributed by atoms with Gasteiger partial charge in [0.15, 0.2) is 0 Å². The van der Waals surface area contributed by atoms with Crippen LogP contribution in [0.3, 0.4) is 0 Å². The van der Waals surface area contributed by atoms with Crippen LogP contribution in [0.5, 0.6) is 0 Å². The summed E-state index contributed by atoms with van der Waals surface area (Å²) in [7, 11) is 0. The van der Waals surface area contributed by atoms with E-state index in [9.17, 15) is 9.59 Å². The normalized spacial score (nSPS) is 15.9. The Hall–Kier alpha value is -1.06. The molecule has 17 heavy (non-hydrogen) atoms. The molecule has 0 aliphatic heterocycles. The smallest absolute Gasteiger partial charge is 0.408 e. The van der Waals surface area contributed by atoms with Crippen molar-refractivity contribution in [3.8, 4) is 0 Å². The molecule has 0 spiro atoms. The number of nitrogens with one attached hydrogen (secondary N) is 1. The summed E-state index contributed by atoms with van der Waals surface area (Å²) in [5.41, 5.74) is -1.82. The van der Waals surface area contributed by atoms with Gasteiger partial charge in [0, 0.05) is 0 Å². The molecular weight excluding hydrogens is 218 g/mol. The molecule has 1 amide bonds. The minimum atomic E-state index is -0.927. The Morgan fingerprint density at radius 2 is 1.65 bits per heavy atom. The molecular formula is C13H25NO3. The second kappa shape index (κ2) is 5.07. The quantitative estimate of drug-likeness (QED) is 0.772. The van der Waals surface area contributed by atoms with E-state index in [0.717, 1.165) is 12.7 Å². The van der Waals surface area contributed by atoms with Crippen LogP contribution in [0.2, 0.25) is 0 Å². The third-order valence-electron chi connectivity index (χ3n) is 3.29. The molecule has 4 nitrogen and oxygen atoms in total. The molecule has 0 saturated carbocycles. The van der Waals surface area contributed by atoms with Crippen LogP contribution in [0.25, 0.3) is 0 Å². The summed E-state index contributed by atoms with van der Waals surface area (Å²) in [6.45, 7) is 12.9. The monoisotopic (exact) mass is 243 g/mol. The summed E-state index contributed by atoms with van der Waals surface area (Å²) in [5, 5.41) is 2.66. The summed E-state index contributed by atoms with van der Waals surface area (Å²) in [6.07, 6.45) is 0.993. The molecule has 4 heteroatoms. The predicted octanol–water partition coefficient (Wildman–Crippen LogP) is 2.90. The van der Waals surface area contributed by atoms with Crippen molar-refractivity contribution < 1.29 is 14.3 Å². The molecule has 1 N–H and O–H groups in total. The van der Waals surface area contributed by atoms with E-state index in [0.29, 0.717) is 0 Å². The highest BCUT2D eigenvalue weighted by atomic mass is 16.6. The zero-order valence-corrected chi connectivity index (χ0v) is 12.0. The molecule has 0 fully saturated rings. The van der Waals surface area contributed by atoms with Gasteiger partial charge >= 0.3 is 6.09 Å². The van der Waals surface area contributed by atoms with E-state index in [-0.39, 0.29) is 5.41 Å². The molecule has 0 saturated heterocycles. The maximum atomic E-state index is 11.7. The highest BCUT2D eigenvalue weighted by Gasteiger charge is 2.41. The van der Waals surface area contributed by atoms with Crippen molar-refractivity contribution in [1.82, 2.24) is 5.32 Å². The van der Waals surface area contributed by atoms with E-state index in [4.69, 9.17) is 4.74 Å². The Morgan fingerprint density at radius 3 is 1.94 bits per heavy atom. The second-order valence-electron chi connectivity index (χ2n) is 6.18. The van der Waals surface area contributed by atoms with Gasteiger partial charge in [0.25, 0.3) is 0 Å². The summed E-state index contributed by atoms with van der Waals surface area (Å²) < 4.78 is 5.17. The number of ether oxygens (including phenoxy) is 1. The first-order valence-electron chi connectivity index (χ1n) is 5.95. The Balaban J connectivity index is 4.83. The van der Waals surface area contributed by atoms with Gasteiger partial charge in [-0.1, -0.05) is 20.8 Å². The van der Waals surface area contributed by atoms with Crippen LogP contribution in [0, 0.1) is 5.41 Å². The van der Waals surface area contributed by atoms with Gasteiger partial charge in [-0.15, -0.1) is 0 Å². The second-order valence-corrected chi connectivity index (χ2v) is 6.18. The average molecular weight is 243 g/mol. The molecule has 0 aromatic heterocycles. The van der Waals surface area contributed by atoms with E-state index in [2.05, 4.69) is 5.32 Å². The lowest BCUT2D eigenvalue weighted by atomic mass is 9.72. The van der Waals surface area contributed by atoms with Crippen LogP contribution in [0.4, 0.5) is 4.79 Å². The van der Waals surface area contributed by atoms with Crippen molar-refractivity contribution in [1.29, 1.82) is 0 Å². The zero-order chi connectivity index (χ0) is 13.9. The molecule has 0 heterocycles. The first kappa shape index (κ1) is 15.9. The van der Waals surface area contributed by atoms with E-state index in [1.54, 1.807) is 27.7 Å². The molecule has 0 bridgehead atoms. The van der Waals surface area contributed by atoms with Gasteiger partial charge in [0.2, 0.25) is 0 Å². The summed E-state index contributed by atoms with van der Waals surface area (Å²) >= 11 is 0. The third kappa shape index (κ3) is 4.36. The maximum Gasteiger partial charge on any atom is 0.408 e. The molecule has 0 aliphatic rings. The Labute approximate surface area is 104 Å². The van der Waals surface area contributed by atoms with Gasteiger partial charge in [0.05, 0.1) is 0 Å². The highest BCUT2D eigenvalue weighted by Crippen LogP contribution is 2.32. The summed E-state index contributed by atoms with van der Waals surface area (Å²) in [6, 6.07) is 0. The average Bonchev–Trinajstić information content (AvgIpc) is 2.14. The number of alkyl carbamates (subject to hydrolysis) is 1. The predicted molar refractivity (Wildman–Crippen MR) is 67.9 cm³/mol. The van der Waals surface area contributed by atoms with E-state index < -0.39 is 17.2 Å². The molecule has 1 unspecified atom stereocenters. The molecule has 1 atom stereocenters. The van der Waals surface area contributed by atoms with Crippen LogP contribution < -0.4 is 5.32 Å². The van der Waals surface area contributed by atoms with Crippen molar-refractivity contribution in [2.24, 2.45) is 5.41 Å². The number of hydrogen-bond donors (Lipinski definition) is 1. The standard InChI is InChI=1S/C13H25NO3/c1-8-12(5,6)13(7,9-15)14-10(16)17-11(2,3)4/h9H,8H2,1-7H3,(H,14,16). The fraction of sp³-hybridized carbons (Fsp3) is 0.846. The van der Waals surface area contributed by atoms with Gasteiger partial charge in [-0.2, -0.15) is 0 Å². The number of amides is 1. The van der Waals surface area contributed by atoms with Crippen LogP contribution in [-0.2, 0) is 9.53 Å². The number of rotatable bonds is 4. The first-order chi connectivity index (χ1) is 7.47. The third-order valence-corrected chi connectivity index (χ3v) is 3.29. The van der Waals surface area contributed by atoms with Crippen LogP contribution in [0.1, 0.15) is 54.9 Å². The highest BCUT2D eigenvalue weighted by molar-refractivity contribution is 5.77. The molecule has 0 rings (SSSR count). The lowest BCUT2D eigenvalue weighted by Crippen LogP contribution is -2.57. The van der Waals surface area contributed by atoms with E-state index >= 15 is 0 Å². The summed E-state index contributed by atoms with van der Waals surface area (Å²) in [5.74, 6) is 0. The molecule has 0 radical (unpaired) electrons. The SMILES string of the molecule is CCC(C)(C)C(C)(C=O)NC(=O)OC(C)(C)C. The minimum absolute atomic E-state index is 0.328. The topological polar surface area (TPSA) is 55.4 Å². The van der Waals surface area contributed by atoms with Gasteiger partial charge in [0.1, 0.15) is 17.4 Å². The Kier molecular flexibility index (Phi) is 4.75. The lowest BCUT2D eigenvalue weighted by Gasteiger charge is -2.40. The van der Waals surface area contributed by atoms with Crippen LogP contribution >= 0.6 is 0 Å². The molecule has 0 aromatic carbocycles. The largest absolute Gasteiger partial charge is 0.444 e. The fourth-order valence-corrected chi connectivity index (χ4v) is 1.24. The van der Waals surface area contributed by atoms with Crippen molar-refractivity contribution in [3.63, 3.8) is 0 Å². The lowest BCUT2D eigenvalue weighted by molar-refractivity contribution is -0.117. The van der Waals surface area contributed by atoms with E-state index in [1.165, 1.54) is 0 Å². The summed E-state index contributed by atoms with van der Waals surface area (Å²) in [4.78, 5) is 23.0.